The van der Waals surface area contributed by atoms with Crippen molar-refractivity contribution in [3.63, 3.8) is 0 Å². The van der Waals surface area contributed by atoms with Crippen LogP contribution in [0.15, 0.2) is 77.3 Å². The lowest BCUT2D eigenvalue weighted by Crippen LogP contribution is -2.35. The first kappa shape index (κ1) is 25.4. The molecule has 0 saturated carbocycles. The van der Waals surface area contributed by atoms with Gasteiger partial charge in [-0.15, -0.1) is 0 Å². The molecule has 8 heteroatoms. The van der Waals surface area contributed by atoms with Gasteiger partial charge in [0.25, 0.3) is 11.8 Å². The van der Waals surface area contributed by atoms with E-state index in [0.717, 1.165) is 5.56 Å². The van der Waals surface area contributed by atoms with Crippen molar-refractivity contribution >= 4 is 50.8 Å². The van der Waals surface area contributed by atoms with Gasteiger partial charge in [0.1, 0.15) is 5.75 Å². The second-order valence-corrected chi connectivity index (χ2v) is 9.18. The van der Waals surface area contributed by atoms with E-state index in [1.54, 1.807) is 54.4 Å². The van der Waals surface area contributed by atoms with Crippen LogP contribution in [-0.4, -0.2) is 35.0 Å². The summed E-state index contributed by atoms with van der Waals surface area (Å²) in [5.74, 6) is 0.115. The van der Waals surface area contributed by atoms with Gasteiger partial charge in [0.05, 0.1) is 21.8 Å². The molecule has 2 N–H and O–H groups in total. The summed E-state index contributed by atoms with van der Waals surface area (Å²) in [6.45, 7) is 4.33. The van der Waals surface area contributed by atoms with Gasteiger partial charge in [-0.3, -0.25) is 14.9 Å². The van der Waals surface area contributed by atoms with Crippen molar-refractivity contribution in [2.24, 2.45) is 0 Å². The Morgan fingerprint density at radius 1 is 1.03 bits per heavy atom. The zero-order valence-corrected chi connectivity index (χ0v) is 21.6. The Labute approximate surface area is 213 Å². The van der Waals surface area contributed by atoms with Crippen LogP contribution in [0, 0.1) is 0 Å². The molecule has 0 saturated heterocycles. The zero-order valence-electron chi connectivity index (χ0n) is 19.2. The predicted octanol–water partition coefficient (Wildman–Crippen LogP) is 5.64. The largest absolute Gasteiger partial charge is 0.490 e. The minimum atomic E-state index is -0.376. The third kappa shape index (κ3) is 6.88. The molecular formula is C26H26BrN3O3S. The zero-order chi connectivity index (χ0) is 24.7. The second-order valence-electron chi connectivity index (χ2n) is 7.91. The van der Waals surface area contributed by atoms with E-state index in [-0.39, 0.29) is 23.0 Å². The molecule has 6 nitrogen and oxygen atoms in total. The number of thiocarbonyl (C=S) groups is 1. The number of rotatable bonds is 7. The maximum Gasteiger partial charge on any atom is 0.257 e. The summed E-state index contributed by atoms with van der Waals surface area (Å²) in [6, 6.07) is 21.9. The summed E-state index contributed by atoms with van der Waals surface area (Å²) < 4.78 is 6.35. The van der Waals surface area contributed by atoms with Gasteiger partial charge in [0.15, 0.2) is 5.11 Å². The van der Waals surface area contributed by atoms with Gasteiger partial charge in [0, 0.05) is 19.2 Å². The average Bonchev–Trinajstić information content (AvgIpc) is 2.80. The minimum absolute atomic E-state index is 0.0160. The quantitative estimate of drug-likeness (QED) is 0.380. The summed E-state index contributed by atoms with van der Waals surface area (Å²) in [6.07, 6.45) is 0.0160. The standard InChI is InChI=1S/C26H26BrN3O3S/c1-17(2)33-23-14-13-19(15-21(23)27)24(31)29-26(34)28-22-12-8-7-11-20(22)25(32)30(3)16-18-9-5-4-6-10-18/h4-15,17H,16H2,1-3H3,(H2,28,29,31,34). The number of carbonyl (C=O) groups excluding carboxylic acids is 2. The summed E-state index contributed by atoms with van der Waals surface area (Å²) in [5.41, 5.74) is 2.41. The number of hydrogen-bond acceptors (Lipinski definition) is 4. The van der Waals surface area contributed by atoms with Crippen LogP contribution in [0.2, 0.25) is 0 Å². The van der Waals surface area contributed by atoms with Gasteiger partial charge >= 0.3 is 0 Å². The first-order valence-electron chi connectivity index (χ1n) is 10.7. The Balaban J connectivity index is 1.67. The van der Waals surface area contributed by atoms with Gasteiger partial charge in [-0.05, 0) is 77.9 Å². The number of para-hydroxylation sites is 1. The van der Waals surface area contributed by atoms with Crippen LogP contribution < -0.4 is 15.4 Å². The van der Waals surface area contributed by atoms with Crippen LogP contribution in [0.25, 0.3) is 0 Å². The average molecular weight is 540 g/mol. The van der Waals surface area contributed by atoms with E-state index in [4.69, 9.17) is 17.0 Å². The highest BCUT2D eigenvalue weighted by atomic mass is 79.9. The monoisotopic (exact) mass is 539 g/mol. The molecule has 176 valence electrons. The SMILES string of the molecule is CC(C)Oc1ccc(C(=O)NC(=S)Nc2ccccc2C(=O)N(C)Cc2ccccc2)cc1Br. The number of amides is 2. The molecule has 0 aromatic heterocycles. The van der Waals surface area contributed by atoms with E-state index in [1.165, 1.54) is 0 Å². The van der Waals surface area contributed by atoms with Crippen molar-refractivity contribution in [2.75, 3.05) is 12.4 Å². The van der Waals surface area contributed by atoms with Crippen LogP contribution in [-0.2, 0) is 6.54 Å². The molecule has 3 rings (SSSR count). The minimum Gasteiger partial charge on any atom is -0.490 e. The van der Waals surface area contributed by atoms with Crippen molar-refractivity contribution in [1.82, 2.24) is 10.2 Å². The molecule has 0 unspecified atom stereocenters. The van der Waals surface area contributed by atoms with Gasteiger partial charge in [0.2, 0.25) is 0 Å². The Hall–Kier alpha value is -3.23. The molecule has 0 spiro atoms. The third-order valence-corrected chi connectivity index (χ3v) is 5.62. The summed E-state index contributed by atoms with van der Waals surface area (Å²) in [5, 5.41) is 5.73. The smallest absolute Gasteiger partial charge is 0.257 e. The molecule has 2 amide bonds. The molecule has 0 aliphatic heterocycles. The molecule has 0 heterocycles. The Morgan fingerprint density at radius 2 is 1.71 bits per heavy atom. The molecule has 3 aromatic rings. The van der Waals surface area contributed by atoms with Crippen molar-refractivity contribution in [2.45, 2.75) is 26.5 Å². The molecule has 0 atom stereocenters. The summed E-state index contributed by atoms with van der Waals surface area (Å²) in [7, 11) is 1.75. The molecule has 0 bridgehead atoms. The van der Waals surface area contributed by atoms with Gasteiger partial charge in [-0.2, -0.15) is 0 Å². The molecule has 3 aromatic carbocycles. The lowest BCUT2D eigenvalue weighted by Gasteiger charge is -2.20. The van der Waals surface area contributed by atoms with Crippen LogP contribution in [0.4, 0.5) is 5.69 Å². The Bertz CT molecular complexity index is 1180. The second kappa shape index (κ2) is 11.8. The number of anilines is 1. The molecule has 0 aliphatic carbocycles. The lowest BCUT2D eigenvalue weighted by atomic mass is 10.1. The van der Waals surface area contributed by atoms with Gasteiger partial charge in [-0.1, -0.05) is 42.5 Å². The van der Waals surface area contributed by atoms with Crippen LogP contribution in [0.1, 0.15) is 40.1 Å². The highest BCUT2D eigenvalue weighted by molar-refractivity contribution is 9.10. The molecule has 0 fully saturated rings. The molecule has 0 radical (unpaired) electrons. The highest BCUT2D eigenvalue weighted by Crippen LogP contribution is 2.27. The predicted molar refractivity (Wildman–Crippen MR) is 142 cm³/mol. The normalized spacial score (nSPS) is 10.5. The number of carbonyl (C=O) groups is 2. The first-order valence-corrected chi connectivity index (χ1v) is 11.9. The fraction of sp³-hybridized carbons (Fsp3) is 0.192. The summed E-state index contributed by atoms with van der Waals surface area (Å²) >= 11 is 8.77. The van der Waals surface area contributed by atoms with E-state index < -0.39 is 0 Å². The Morgan fingerprint density at radius 3 is 2.38 bits per heavy atom. The number of hydrogen-bond donors (Lipinski definition) is 2. The van der Waals surface area contributed by atoms with E-state index in [1.807, 2.05) is 44.2 Å². The molecule has 0 aliphatic rings. The van der Waals surface area contributed by atoms with Crippen LogP contribution >= 0.6 is 28.1 Å². The number of nitrogens with zero attached hydrogens (tertiary/aromatic N) is 1. The van der Waals surface area contributed by atoms with Crippen LogP contribution in [0.5, 0.6) is 5.75 Å². The lowest BCUT2D eigenvalue weighted by molar-refractivity contribution is 0.0786. The van der Waals surface area contributed by atoms with Gasteiger partial charge < -0.3 is 15.0 Å². The highest BCUT2D eigenvalue weighted by Gasteiger charge is 2.17. The summed E-state index contributed by atoms with van der Waals surface area (Å²) in [4.78, 5) is 27.4. The first-order chi connectivity index (χ1) is 16.2. The molecule has 34 heavy (non-hydrogen) atoms. The maximum absolute atomic E-state index is 13.1. The third-order valence-electron chi connectivity index (χ3n) is 4.80. The van der Waals surface area contributed by atoms with Crippen molar-refractivity contribution in [3.8, 4) is 5.75 Å². The number of nitrogens with one attached hydrogen (secondary N) is 2. The van der Waals surface area contributed by atoms with Crippen molar-refractivity contribution in [1.29, 1.82) is 0 Å². The fourth-order valence-electron chi connectivity index (χ4n) is 3.23. The van der Waals surface area contributed by atoms with E-state index >= 15 is 0 Å². The van der Waals surface area contributed by atoms with E-state index in [9.17, 15) is 9.59 Å². The number of benzene rings is 3. The number of halogens is 1. The van der Waals surface area contributed by atoms with Gasteiger partial charge in [-0.25, -0.2) is 0 Å². The number of ether oxygens (including phenoxy) is 1. The topological polar surface area (TPSA) is 70.7 Å². The van der Waals surface area contributed by atoms with E-state index in [0.29, 0.717) is 33.6 Å². The van der Waals surface area contributed by atoms with Crippen molar-refractivity contribution < 1.29 is 14.3 Å². The maximum atomic E-state index is 13.1. The fourth-order valence-corrected chi connectivity index (χ4v) is 3.91. The van der Waals surface area contributed by atoms with E-state index in [2.05, 4.69) is 26.6 Å². The van der Waals surface area contributed by atoms with Crippen molar-refractivity contribution in [3.05, 3.63) is 94.0 Å². The van der Waals surface area contributed by atoms with Crippen LogP contribution in [0.3, 0.4) is 0 Å². The molecular weight excluding hydrogens is 514 g/mol. The Kier molecular flexibility index (Phi) is 8.79.